The number of aromatic nitrogens is 2. The van der Waals surface area contributed by atoms with E-state index in [1.54, 1.807) is 0 Å². The molecule has 3 aliphatic rings. The molecule has 3 nitrogen and oxygen atoms in total. The van der Waals surface area contributed by atoms with Crippen molar-refractivity contribution in [1.29, 1.82) is 0 Å². The average Bonchev–Trinajstić information content (AvgIpc) is 3.28. The van der Waals surface area contributed by atoms with Gasteiger partial charge in [0.05, 0.1) is 5.69 Å². The van der Waals surface area contributed by atoms with Crippen LogP contribution in [0.15, 0.2) is 46.7 Å². The van der Waals surface area contributed by atoms with Crippen LogP contribution in [0.4, 0.5) is 0 Å². The quantitative estimate of drug-likeness (QED) is 0.457. The largest absolute Gasteiger partial charge is 0.305 e. The molecule has 0 aliphatic heterocycles. The Hall–Kier alpha value is -1.81. The molecule has 0 atom stereocenters. The molecule has 1 heterocycles. The molecule has 152 valence electrons. The van der Waals surface area contributed by atoms with Crippen LogP contribution in [0.25, 0.3) is 11.3 Å². The highest BCUT2D eigenvalue weighted by atomic mass is 32.2. The third-order valence-electron chi connectivity index (χ3n) is 7.28. The molecule has 29 heavy (non-hydrogen) atoms. The molecule has 0 radical (unpaired) electrons. The highest BCUT2D eigenvalue weighted by Crippen LogP contribution is 2.50. The van der Waals surface area contributed by atoms with E-state index in [9.17, 15) is 4.79 Å². The van der Waals surface area contributed by atoms with Gasteiger partial charge in [0.25, 0.3) is 5.56 Å². The van der Waals surface area contributed by atoms with Gasteiger partial charge in [0, 0.05) is 28.5 Å². The molecule has 5 rings (SSSR count). The van der Waals surface area contributed by atoms with E-state index >= 15 is 0 Å². The van der Waals surface area contributed by atoms with Crippen LogP contribution in [0, 0.1) is 0 Å². The van der Waals surface area contributed by atoms with E-state index in [4.69, 9.17) is 4.98 Å². The van der Waals surface area contributed by atoms with Crippen molar-refractivity contribution in [3.63, 3.8) is 0 Å². The summed E-state index contributed by atoms with van der Waals surface area (Å²) in [5, 5.41) is 0.643. The maximum Gasteiger partial charge on any atom is 0.283 e. The summed E-state index contributed by atoms with van der Waals surface area (Å²) in [6, 6.07) is 9.22. The summed E-state index contributed by atoms with van der Waals surface area (Å²) >= 11 is 1.53. The Kier molecular flexibility index (Phi) is 5.15. The van der Waals surface area contributed by atoms with Gasteiger partial charge in [-0.15, -0.1) is 6.58 Å². The highest BCUT2D eigenvalue weighted by Gasteiger charge is 2.42. The van der Waals surface area contributed by atoms with Crippen LogP contribution in [0.5, 0.6) is 0 Å². The summed E-state index contributed by atoms with van der Waals surface area (Å²) in [4.78, 5) is 18.5. The minimum Gasteiger partial charge on any atom is -0.305 e. The molecule has 1 aromatic carbocycles. The van der Waals surface area contributed by atoms with Crippen LogP contribution in [-0.4, -0.2) is 15.3 Å². The number of thioether (sulfide) groups is 1. The first-order chi connectivity index (χ1) is 14.2. The SMILES string of the molecule is C=CCSc1nc2c(n(C3CCCC3)c1=O)CC1(CCCCC1)c1ccccc1-2. The predicted octanol–water partition coefficient (Wildman–Crippen LogP) is 6.06. The fourth-order valence-corrected chi connectivity index (χ4v) is 6.61. The number of benzene rings is 1. The van der Waals surface area contributed by atoms with Gasteiger partial charge in [0.15, 0.2) is 5.03 Å². The van der Waals surface area contributed by atoms with Crippen molar-refractivity contribution in [1.82, 2.24) is 9.55 Å². The zero-order valence-corrected chi connectivity index (χ0v) is 18.0. The van der Waals surface area contributed by atoms with Crippen molar-refractivity contribution in [3.8, 4) is 11.3 Å². The van der Waals surface area contributed by atoms with Crippen LogP contribution in [0.3, 0.4) is 0 Å². The number of hydrogen-bond acceptors (Lipinski definition) is 3. The average molecular weight is 407 g/mol. The smallest absolute Gasteiger partial charge is 0.283 e. The van der Waals surface area contributed by atoms with Crippen LogP contribution < -0.4 is 5.56 Å². The van der Waals surface area contributed by atoms with Crippen molar-refractivity contribution < 1.29 is 0 Å². The van der Waals surface area contributed by atoms with Crippen LogP contribution >= 0.6 is 11.8 Å². The second kappa shape index (κ2) is 7.79. The highest BCUT2D eigenvalue weighted by molar-refractivity contribution is 7.99. The molecular formula is C25H30N2OS. The molecule has 3 aliphatic carbocycles. The Morgan fingerprint density at radius 1 is 1.14 bits per heavy atom. The van der Waals surface area contributed by atoms with Crippen molar-refractivity contribution in [2.24, 2.45) is 0 Å². The Labute approximate surface area is 177 Å². The first kappa shape index (κ1) is 19.2. The molecule has 2 fully saturated rings. The number of rotatable bonds is 4. The number of hydrogen-bond donors (Lipinski definition) is 0. The van der Waals surface area contributed by atoms with E-state index in [0.717, 1.165) is 30.7 Å². The predicted molar refractivity (Wildman–Crippen MR) is 121 cm³/mol. The lowest BCUT2D eigenvalue weighted by Gasteiger charge is -2.43. The van der Waals surface area contributed by atoms with E-state index in [2.05, 4.69) is 35.4 Å². The minimum atomic E-state index is 0.132. The van der Waals surface area contributed by atoms with Crippen LogP contribution in [-0.2, 0) is 11.8 Å². The second-order valence-corrected chi connectivity index (χ2v) is 10.00. The Morgan fingerprint density at radius 2 is 1.90 bits per heavy atom. The van der Waals surface area contributed by atoms with Crippen molar-refractivity contribution >= 4 is 11.8 Å². The standard InChI is InChI=1S/C25H30N2OS/c1-2-16-29-23-24(28)27(18-10-4-5-11-18)21-17-25(14-8-3-9-15-25)20-13-7-6-12-19(20)22(21)26-23/h2,6-7,12-13,18H,1,3-5,8-11,14-17H2. The summed E-state index contributed by atoms with van der Waals surface area (Å²) in [7, 11) is 0. The second-order valence-electron chi connectivity index (χ2n) is 8.99. The molecule has 0 amide bonds. The molecule has 2 saturated carbocycles. The molecule has 4 heteroatoms. The van der Waals surface area contributed by atoms with Gasteiger partial charge in [-0.1, -0.05) is 74.2 Å². The van der Waals surface area contributed by atoms with E-state index in [1.165, 1.54) is 73.5 Å². The van der Waals surface area contributed by atoms with E-state index in [0.29, 0.717) is 11.1 Å². The van der Waals surface area contributed by atoms with Gasteiger partial charge in [-0.05, 0) is 37.7 Å². The van der Waals surface area contributed by atoms with Crippen LogP contribution in [0.2, 0.25) is 0 Å². The van der Waals surface area contributed by atoms with E-state index in [-0.39, 0.29) is 11.0 Å². The third kappa shape index (κ3) is 3.20. The Balaban J connectivity index is 1.75. The maximum atomic E-state index is 13.6. The Bertz CT molecular complexity index is 981. The van der Waals surface area contributed by atoms with E-state index in [1.807, 2.05) is 6.08 Å². The molecular weight excluding hydrogens is 376 g/mol. The van der Waals surface area contributed by atoms with Gasteiger partial charge in [-0.25, -0.2) is 4.98 Å². The van der Waals surface area contributed by atoms with Gasteiger partial charge < -0.3 is 4.57 Å². The topological polar surface area (TPSA) is 34.9 Å². The Morgan fingerprint density at radius 3 is 2.66 bits per heavy atom. The lowest BCUT2D eigenvalue weighted by molar-refractivity contribution is 0.277. The summed E-state index contributed by atoms with van der Waals surface area (Å²) in [6.45, 7) is 3.83. The minimum absolute atomic E-state index is 0.132. The van der Waals surface area contributed by atoms with Crippen LogP contribution in [0.1, 0.15) is 75.1 Å². The fraction of sp³-hybridized carbons (Fsp3) is 0.520. The molecule has 0 N–H and O–H groups in total. The normalized spacial score (nSPS) is 20.4. The summed E-state index contributed by atoms with van der Waals surface area (Å²) in [6.07, 6.45) is 13.9. The number of nitrogens with zero attached hydrogens (tertiary/aromatic N) is 2. The monoisotopic (exact) mass is 406 g/mol. The van der Waals surface area contributed by atoms with Gasteiger partial charge in [-0.2, -0.15) is 0 Å². The summed E-state index contributed by atoms with van der Waals surface area (Å²) < 4.78 is 2.19. The number of fused-ring (bicyclic) bond motifs is 4. The molecule has 2 aromatic rings. The zero-order valence-electron chi connectivity index (χ0n) is 17.2. The van der Waals surface area contributed by atoms with Crippen molar-refractivity contribution in [2.45, 2.75) is 80.7 Å². The maximum absolute atomic E-state index is 13.6. The molecule has 0 bridgehead atoms. The van der Waals surface area contributed by atoms with Gasteiger partial charge >= 0.3 is 0 Å². The fourth-order valence-electron chi connectivity index (χ4n) is 5.96. The first-order valence-corrected chi connectivity index (χ1v) is 12.2. The van der Waals surface area contributed by atoms with Crippen molar-refractivity contribution in [2.75, 3.05) is 5.75 Å². The van der Waals surface area contributed by atoms with Gasteiger partial charge in [0.1, 0.15) is 0 Å². The molecule has 0 saturated heterocycles. The molecule has 0 unspecified atom stereocenters. The summed E-state index contributed by atoms with van der Waals surface area (Å²) in [5.74, 6) is 0.720. The first-order valence-electron chi connectivity index (χ1n) is 11.2. The van der Waals surface area contributed by atoms with Gasteiger partial charge in [-0.3, -0.25) is 4.79 Å². The lowest BCUT2D eigenvalue weighted by Crippen LogP contribution is -2.40. The van der Waals surface area contributed by atoms with E-state index < -0.39 is 0 Å². The van der Waals surface area contributed by atoms with Gasteiger partial charge in [0.2, 0.25) is 0 Å². The van der Waals surface area contributed by atoms with Crippen molar-refractivity contribution in [3.05, 3.63) is 58.5 Å². The zero-order chi connectivity index (χ0) is 19.8. The summed E-state index contributed by atoms with van der Waals surface area (Å²) in [5.41, 5.74) is 5.33. The molecule has 1 aromatic heterocycles. The molecule has 1 spiro atoms. The lowest BCUT2D eigenvalue weighted by atomic mass is 9.62. The third-order valence-corrected chi connectivity index (χ3v) is 8.22.